The molecule has 0 bridgehead atoms. The van der Waals surface area contributed by atoms with E-state index in [1.807, 2.05) is 38.1 Å². The molecule has 22 heavy (non-hydrogen) atoms. The average Bonchev–Trinajstić information content (AvgIpc) is 2.51. The third kappa shape index (κ3) is 5.58. The van der Waals surface area contributed by atoms with Crippen LogP contribution in [-0.4, -0.2) is 24.2 Å². The van der Waals surface area contributed by atoms with Crippen LogP contribution in [0.2, 0.25) is 0 Å². The largest absolute Gasteiger partial charge is 0.396 e. The topological polar surface area (TPSA) is 85.2 Å². The number of carbonyl (C=O) groups is 1. The summed E-state index contributed by atoms with van der Waals surface area (Å²) in [5.41, 5.74) is 2.84. The number of benzene rings is 1. The zero-order valence-electron chi connectivity index (χ0n) is 13.1. The lowest BCUT2D eigenvalue weighted by molar-refractivity contribution is -0.112. The molecule has 0 spiro atoms. The lowest BCUT2D eigenvalue weighted by atomic mass is 10.1. The summed E-state index contributed by atoms with van der Waals surface area (Å²) in [6.07, 6.45) is 4.01. The molecule has 1 aromatic rings. The second-order valence-corrected chi connectivity index (χ2v) is 5.11. The van der Waals surface area contributed by atoms with E-state index in [0.717, 1.165) is 30.4 Å². The third-order valence-corrected chi connectivity index (χ3v) is 3.44. The van der Waals surface area contributed by atoms with Crippen molar-refractivity contribution >= 4 is 11.6 Å². The summed E-state index contributed by atoms with van der Waals surface area (Å²) in [5, 5.41) is 23.5. The highest BCUT2D eigenvalue weighted by molar-refractivity contribution is 6.06. The minimum atomic E-state index is -0.418. The molecule has 0 fully saturated rings. The van der Waals surface area contributed by atoms with E-state index in [4.69, 9.17) is 10.4 Å². The van der Waals surface area contributed by atoms with Crippen LogP contribution >= 0.6 is 0 Å². The lowest BCUT2D eigenvalue weighted by Gasteiger charge is -2.10. The zero-order valence-corrected chi connectivity index (χ0v) is 13.1. The van der Waals surface area contributed by atoms with Crippen LogP contribution in [0.5, 0.6) is 0 Å². The summed E-state index contributed by atoms with van der Waals surface area (Å²) < 4.78 is 0. The van der Waals surface area contributed by atoms with Crippen molar-refractivity contribution in [2.75, 3.05) is 18.5 Å². The number of hydrogen-bond donors (Lipinski definition) is 3. The number of hydrogen-bond acceptors (Lipinski definition) is 4. The maximum absolute atomic E-state index is 12.1. The number of unbranched alkanes of at least 4 members (excludes halogenated alkanes) is 2. The molecule has 5 heteroatoms. The van der Waals surface area contributed by atoms with Crippen molar-refractivity contribution in [1.29, 1.82) is 5.26 Å². The summed E-state index contributed by atoms with van der Waals surface area (Å²) in [7, 11) is 0. The molecular weight excluding hydrogens is 278 g/mol. The van der Waals surface area contributed by atoms with Gasteiger partial charge >= 0.3 is 0 Å². The van der Waals surface area contributed by atoms with Crippen LogP contribution in [0.4, 0.5) is 5.69 Å². The van der Waals surface area contributed by atoms with E-state index in [9.17, 15) is 4.79 Å². The van der Waals surface area contributed by atoms with Gasteiger partial charge in [0.2, 0.25) is 0 Å². The van der Waals surface area contributed by atoms with Gasteiger partial charge in [-0.05, 0) is 50.3 Å². The number of aliphatic hydroxyl groups excluding tert-OH is 1. The molecule has 0 atom stereocenters. The molecule has 0 heterocycles. The van der Waals surface area contributed by atoms with Crippen molar-refractivity contribution in [3.63, 3.8) is 0 Å². The van der Waals surface area contributed by atoms with Gasteiger partial charge in [-0.15, -0.1) is 0 Å². The number of anilines is 1. The van der Waals surface area contributed by atoms with Gasteiger partial charge in [-0.3, -0.25) is 4.79 Å². The van der Waals surface area contributed by atoms with Crippen molar-refractivity contribution in [3.05, 3.63) is 41.1 Å². The van der Waals surface area contributed by atoms with Crippen molar-refractivity contribution in [2.24, 2.45) is 0 Å². The Hall–Kier alpha value is -2.32. The molecule has 0 saturated heterocycles. The van der Waals surface area contributed by atoms with Crippen molar-refractivity contribution in [3.8, 4) is 6.07 Å². The number of rotatable bonds is 8. The van der Waals surface area contributed by atoms with Crippen LogP contribution in [0.15, 0.2) is 30.0 Å². The Morgan fingerprint density at radius 1 is 1.32 bits per heavy atom. The van der Waals surface area contributed by atoms with Gasteiger partial charge in [0, 0.05) is 25.0 Å². The van der Waals surface area contributed by atoms with Crippen molar-refractivity contribution in [2.45, 2.75) is 33.1 Å². The highest BCUT2D eigenvalue weighted by atomic mass is 16.2. The summed E-state index contributed by atoms with van der Waals surface area (Å²) in [6, 6.07) is 7.56. The minimum Gasteiger partial charge on any atom is -0.396 e. The van der Waals surface area contributed by atoms with Gasteiger partial charge in [0.05, 0.1) is 0 Å². The molecule has 0 radical (unpaired) electrons. The Morgan fingerprint density at radius 2 is 2.09 bits per heavy atom. The zero-order chi connectivity index (χ0) is 16.4. The van der Waals surface area contributed by atoms with Gasteiger partial charge < -0.3 is 15.7 Å². The first-order valence-corrected chi connectivity index (χ1v) is 7.42. The monoisotopic (exact) mass is 301 g/mol. The predicted octanol–water partition coefficient (Wildman–Crippen LogP) is 2.40. The van der Waals surface area contributed by atoms with Crippen molar-refractivity contribution in [1.82, 2.24) is 5.32 Å². The first kappa shape index (κ1) is 17.7. The summed E-state index contributed by atoms with van der Waals surface area (Å²) in [6.45, 7) is 4.76. The van der Waals surface area contributed by atoms with E-state index in [2.05, 4.69) is 10.6 Å². The molecule has 5 nitrogen and oxygen atoms in total. The molecule has 0 unspecified atom stereocenters. The van der Waals surface area contributed by atoms with Gasteiger partial charge in [-0.1, -0.05) is 12.1 Å². The number of amides is 1. The maximum atomic E-state index is 12.1. The number of aryl methyl sites for hydroxylation is 1. The second-order valence-electron chi connectivity index (χ2n) is 5.11. The Bertz CT molecular complexity index is 574. The number of aliphatic hydroxyl groups is 1. The quantitative estimate of drug-likeness (QED) is 0.391. The Balaban J connectivity index is 2.57. The number of nitriles is 1. The third-order valence-electron chi connectivity index (χ3n) is 3.44. The fraction of sp³-hybridized carbons (Fsp3) is 0.412. The van der Waals surface area contributed by atoms with E-state index in [-0.39, 0.29) is 12.2 Å². The molecule has 1 amide bonds. The van der Waals surface area contributed by atoms with Crippen LogP contribution in [-0.2, 0) is 4.79 Å². The summed E-state index contributed by atoms with van der Waals surface area (Å²) >= 11 is 0. The van der Waals surface area contributed by atoms with Gasteiger partial charge in [0.25, 0.3) is 5.91 Å². The molecule has 3 N–H and O–H groups in total. The van der Waals surface area contributed by atoms with Crippen LogP contribution in [0.25, 0.3) is 0 Å². The molecule has 0 aliphatic rings. The Labute approximate surface area is 131 Å². The number of carbonyl (C=O) groups excluding carboxylic acids is 1. The highest BCUT2D eigenvalue weighted by Gasteiger charge is 2.10. The molecule has 118 valence electrons. The molecule has 1 aromatic carbocycles. The lowest BCUT2D eigenvalue weighted by Crippen LogP contribution is -2.18. The first-order valence-electron chi connectivity index (χ1n) is 7.42. The second kappa shape index (κ2) is 9.59. The van der Waals surface area contributed by atoms with E-state index < -0.39 is 5.91 Å². The van der Waals surface area contributed by atoms with E-state index in [1.54, 1.807) is 0 Å². The van der Waals surface area contributed by atoms with Gasteiger partial charge in [-0.25, -0.2) is 0 Å². The smallest absolute Gasteiger partial charge is 0.267 e. The van der Waals surface area contributed by atoms with E-state index >= 15 is 0 Å². The van der Waals surface area contributed by atoms with E-state index in [0.29, 0.717) is 12.2 Å². The Kier molecular flexibility index (Phi) is 7.73. The minimum absolute atomic E-state index is 0.0445. The van der Waals surface area contributed by atoms with Crippen LogP contribution in [0, 0.1) is 25.2 Å². The molecule has 0 aliphatic carbocycles. The highest BCUT2D eigenvalue weighted by Crippen LogP contribution is 2.18. The van der Waals surface area contributed by atoms with Gasteiger partial charge in [-0.2, -0.15) is 5.26 Å². The van der Waals surface area contributed by atoms with Gasteiger partial charge in [0.1, 0.15) is 11.6 Å². The number of nitrogens with one attached hydrogen (secondary N) is 2. The van der Waals surface area contributed by atoms with Gasteiger partial charge in [0.15, 0.2) is 0 Å². The summed E-state index contributed by atoms with van der Waals surface area (Å²) in [4.78, 5) is 12.1. The Morgan fingerprint density at radius 3 is 2.77 bits per heavy atom. The normalized spacial score (nSPS) is 10.9. The predicted molar refractivity (Wildman–Crippen MR) is 87.2 cm³/mol. The SMILES string of the molecule is Cc1cccc(NC(=O)/C(C#N)=C\NCCCCCO)c1C. The fourth-order valence-corrected chi connectivity index (χ4v) is 1.91. The first-order chi connectivity index (χ1) is 10.6. The molecule has 0 saturated carbocycles. The van der Waals surface area contributed by atoms with Crippen LogP contribution < -0.4 is 10.6 Å². The molecule has 0 aromatic heterocycles. The number of nitrogens with zero attached hydrogens (tertiary/aromatic N) is 1. The average molecular weight is 301 g/mol. The van der Waals surface area contributed by atoms with E-state index in [1.165, 1.54) is 6.20 Å². The molecular formula is C17H23N3O2. The fourth-order valence-electron chi connectivity index (χ4n) is 1.91. The standard InChI is InChI=1S/C17H23N3O2/c1-13-7-6-8-16(14(13)2)20-17(22)15(11-18)12-19-9-4-3-5-10-21/h6-8,12,19,21H,3-5,9-10H2,1-2H3,(H,20,22)/b15-12-. The molecule has 1 rings (SSSR count). The maximum Gasteiger partial charge on any atom is 0.267 e. The van der Waals surface area contributed by atoms with Crippen LogP contribution in [0.3, 0.4) is 0 Å². The molecule has 0 aliphatic heterocycles. The van der Waals surface area contributed by atoms with Crippen molar-refractivity contribution < 1.29 is 9.90 Å². The van der Waals surface area contributed by atoms with Crippen LogP contribution in [0.1, 0.15) is 30.4 Å². The summed E-state index contributed by atoms with van der Waals surface area (Å²) in [5.74, 6) is -0.418.